The molecule has 3 rings (SSSR count). The highest BCUT2D eigenvalue weighted by molar-refractivity contribution is 14.0. The van der Waals surface area contributed by atoms with Crippen molar-refractivity contribution in [1.82, 2.24) is 20.4 Å². The van der Waals surface area contributed by atoms with E-state index in [9.17, 15) is 0 Å². The Labute approximate surface area is 181 Å². The predicted octanol–water partition coefficient (Wildman–Crippen LogP) is 1.68. The van der Waals surface area contributed by atoms with Crippen LogP contribution in [0.2, 0.25) is 0 Å². The van der Waals surface area contributed by atoms with Gasteiger partial charge in [-0.05, 0) is 32.5 Å². The lowest BCUT2D eigenvalue weighted by atomic mass is 10.2. The van der Waals surface area contributed by atoms with Gasteiger partial charge in [-0.25, -0.2) is 0 Å². The highest BCUT2D eigenvalue weighted by Gasteiger charge is 2.24. The summed E-state index contributed by atoms with van der Waals surface area (Å²) in [5.41, 5.74) is 1.31. The second kappa shape index (κ2) is 11.1. The molecule has 2 saturated heterocycles. The zero-order chi connectivity index (χ0) is 18.4. The van der Waals surface area contributed by atoms with Gasteiger partial charge in [-0.15, -0.1) is 24.0 Å². The molecule has 2 fully saturated rings. The maximum atomic E-state index is 4.43. The lowest BCUT2D eigenvalue weighted by Gasteiger charge is -2.36. The first kappa shape index (κ1) is 22.2. The zero-order valence-corrected chi connectivity index (χ0v) is 19.2. The third-order valence-electron chi connectivity index (χ3n) is 5.60. The van der Waals surface area contributed by atoms with Crippen LogP contribution in [0.3, 0.4) is 0 Å². The minimum atomic E-state index is 0. The van der Waals surface area contributed by atoms with Gasteiger partial charge in [0, 0.05) is 70.6 Å². The maximum Gasteiger partial charge on any atom is 0.191 e. The molecule has 0 radical (unpaired) electrons. The van der Waals surface area contributed by atoms with Crippen LogP contribution < -0.4 is 15.5 Å². The molecule has 2 aliphatic rings. The van der Waals surface area contributed by atoms with Gasteiger partial charge in [0.2, 0.25) is 0 Å². The molecule has 0 bridgehead atoms. The van der Waals surface area contributed by atoms with Crippen LogP contribution in [0.15, 0.2) is 35.3 Å². The van der Waals surface area contributed by atoms with Gasteiger partial charge in [0.15, 0.2) is 5.96 Å². The molecule has 2 aliphatic heterocycles. The average molecular weight is 486 g/mol. The summed E-state index contributed by atoms with van der Waals surface area (Å²) in [4.78, 5) is 11.8. The van der Waals surface area contributed by atoms with E-state index in [2.05, 4.69) is 74.6 Å². The van der Waals surface area contributed by atoms with Crippen molar-refractivity contribution in [2.24, 2.45) is 4.99 Å². The van der Waals surface area contributed by atoms with E-state index in [1.54, 1.807) is 0 Å². The van der Waals surface area contributed by atoms with Gasteiger partial charge >= 0.3 is 0 Å². The molecule has 7 heteroatoms. The normalized spacial score (nSPS) is 23.0. The summed E-state index contributed by atoms with van der Waals surface area (Å²) in [5, 5.41) is 7.13. The average Bonchev–Trinajstić information content (AvgIpc) is 3.14. The first-order chi connectivity index (χ1) is 12.7. The highest BCUT2D eigenvalue weighted by Crippen LogP contribution is 2.19. The lowest BCUT2D eigenvalue weighted by molar-refractivity contribution is 0.120. The minimum absolute atomic E-state index is 0. The van der Waals surface area contributed by atoms with Crippen LogP contribution in [0.4, 0.5) is 5.69 Å². The van der Waals surface area contributed by atoms with Gasteiger partial charge in [-0.1, -0.05) is 18.2 Å². The van der Waals surface area contributed by atoms with E-state index < -0.39 is 0 Å². The molecular weight excluding hydrogens is 451 g/mol. The largest absolute Gasteiger partial charge is 0.369 e. The Bertz CT molecular complexity index is 573. The number of rotatable bonds is 5. The summed E-state index contributed by atoms with van der Waals surface area (Å²) < 4.78 is 0. The summed E-state index contributed by atoms with van der Waals surface area (Å²) in [6, 6.07) is 11.6. The van der Waals surface area contributed by atoms with Crippen LogP contribution in [-0.4, -0.2) is 87.8 Å². The fourth-order valence-corrected chi connectivity index (χ4v) is 3.78. The molecule has 6 nitrogen and oxygen atoms in total. The molecule has 152 valence electrons. The monoisotopic (exact) mass is 486 g/mol. The number of benzene rings is 1. The smallest absolute Gasteiger partial charge is 0.191 e. The SMILES string of the molecule is CN=C(NCC(C)N1CCN(C)CC1)NC1CCN(c2ccccc2)C1.I. The molecule has 2 atom stereocenters. The van der Waals surface area contributed by atoms with Crippen molar-refractivity contribution >= 4 is 35.6 Å². The topological polar surface area (TPSA) is 46.1 Å². The number of hydrogen-bond acceptors (Lipinski definition) is 4. The van der Waals surface area contributed by atoms with Crippen molar-refractivity contribution < 1.29 is 0 Å². The van der Waals surface area contributed by atoms with E-state index in [1.807, 2.05) is 7.05 Å². The van der Waals surface area contributed by atoms with Gasteiger partial charge in [-0.3, -0.25) is 9.89 Å². The van der Waals surface area contributed by atoms with Crippen molar-refractivity contribution in [2.45, 2.75) is 25.4 Å². The van der Waals surface area contributed by atoms with Crippen LogP contribution in [0.25, 0.3) is 0 Å². The molecule has 0 amide bonds. The molecule has 0 aliphatic carbocycles. The van der Waals surface area contributed by atoms with Gasteiger partial charge in [0.1, 0.15) is 0 Å². The number of halogens is 1. The van der Waals surface area contributed by atoms with Crippen molar-refractivity contribution in [1.29, 1.82) is 0 Å². The Morgan fingerprint density at radius 1 is 1.15 bits per heavy atom. The molecule has 2 unspecified atom stereocenters. The molecule has 27 heavy (non-hydrogen) atoms. The first-order valence-corrected chi connectivity index (χ1v) is 9.85. The number of guanidine groups is 1. The van der Waals surface area contributed by atoms with Gasteiger partial charge in [0.05, 0.1) is 0 Å². The summed E-state index contributed by atoms with van der Waals surface area (Å²) in [7, 11) is 4.06. The van der Waals surface area contributed by atoms with Crippen LogP contribution in [-0.2, 0) is 0 Å². The Balaban J connectivity index is 0.00000261. The number of hydrogen-bond donors (Lipinski definition) is 2. The second-order valence-corrected chi connectivity index (χ2v) is 7.55. The van der Waals surface area contributed by atoms with Crippen LogP contribution >= 0.6 is 24.0 Å². The fourth-order valence-electron chi connectivity index (χ4n) is 3.78. The number of likely N-dealkylation sites (N-methyl/N-ethyl adjacent to an activating group) is 1. The Kier molecular flexibility index (Phi) is 9.11. The number of nitrogens with one attached hydrogen (secondary N) is 2. The minimum Gasteiger partial charge on any atom is -0.369 e. The van der Waals surface area contributed by atoms with E-state index in [0.29, 0.717) is 12.1 Å². The Morgan fingerprint density at radius 2 is 1.85 bits per heavy atom. The second-order valence-electron chi connectivity index (χ2n) is 7.55. The Hall–Kier alpha value is -1.06. The first-order valence-electron chi connectivity index (χ1n) is 9.85. The third kappa shape index (κ3) is 6.50. The van der Waals surface area contributed by atoms with Gasteiger partial charge in [0.25, 0.3) is 0 Å². The van der Waals surface area contributed by atoms with Crippen molar-refractivity contribution in [3.8, 4) is 0 Å². The lowest BCUT2D eigenvalue weighted by Crippen LogP contribution is -2.53. The van der Waals surface area contributed by atoms with Crippen LogP contribution in [0.1, 0.15) is 13.3 Å². The van der Waals surface area contributed by atoms with E-state index >= 15 is 0 Å². The zero-order valence-electron chi connectivity index (χ0n) is 16.9. The van der Waals surface area contributed by atoms with Crippen molar-refractivity contribution in [2.75, 3.05) is 64.8 Å². The number of aliphatic imine (C=N–C) groups is 1. The standard InChI is InChI=1S/C20H34N6.HI/c1-17(25-13-11-24(3)12-14-25)15-22-20(21-2)23-18-9-10-26(16-18)19-7-5-4-6-8-19;/h4-8,17-18H,9-16H2,1-3H3,(H2,21,22,23);1H. The van der Waals surface area contributed by atoms with Gasteiger partial charge in [-0.2, -0.15) is 0 Å². The number of anilines is 1. The molecule has 1 aromatic carbocycles. The van der Waals surface area contributed by atoms with Crippen molar-refractivity contribution in [3.63, 3.8) is 0 Å². The molecule has 0 saturated carbocycles. The summed E-state index contributed by atoms with van der Waals surface area (Å²) in [5.74, 6) is 0.922. The van der Waals surface area contributed by atoms with E-state index in [0.717, 1.165) is 58.2 Å². The van der Waals surface area contributed by atoms with Gasteiger partial charge < -0.3 is 20.4 Å². The van der Waals surface area contributed by atoms with E-state index in [1.165, 1.54) is 5.69 Å². The van der Waals surface area contributed by atoms with E-state index in [-0.39, 0.29) is 24.0 Å². The summed E-state index contributed by atoms with van der Waals surface area (Å²) in [6.07, 6.45) is 1.14. The van der Waals surface area contributed by atoms with Crippen molar-refractivity contribution in [3.05, 3.63) is 30.3 Å². The molecular formula is C20H35IN6. The summed E-state index contributed by atoms with van der Waals surface area (Å²) >= 11 is 0. The number of para-hydroxylation sites is 1. The number of nitrogens with zero attached hydrogens (tertiary/aromatic N) is 4. The Morgan fingerprint density at radius 3 is 2.52 bits per heavy atom. The molecule has 1 aromatic rings. The molecule has 0 aromatic heterocycles. The molecule has 2 heterocycles. The van der Waals surface area contributed by atoms with Crippen LogP contribution in [0, 0.1) is 0 Å². The quantitative estimate of drug-likeness (QED) is 0.377. The highest BCUT2D eigenvalue weighted by atomic mass is 127. The van der Waals surface area contributed by atoms with Crippen LogP contribution in [0.5, 0.6) is 0 Å². The van der Waals surface area contributed by atoms with E-state index in [4.69, 9.17) is 0 Å². The molecule has 0 spiro atoms. The maximum absolute atomic E-state index is 4.43. The third-order valence-corrected chi connectivity index (χ3v) is 5.60. The number of piperazine rings is 1. The predicted molar refractivity (Wildman–Crippen MR) is 126 cm³/mol. The molecule has 2 N–H and O–H groups in total. The fraction of sp³-hybridized carbons (Fsp3) is 0.650. The summed E-state index contributed by atoms with van der Waals surface area (Å²) in [6.45, 7) is 9.98.